The van der Waals surface area contributed by atoms with Crippen molar-refractivity contribution in [3.63, 3.8) is 0 Å². The molecule has 0 radical (unpaired) electrons. The van der Waals surface area contributed by atoms with E-state index in [0.29, 0.717) is 0 Å². The zero-order chi connectivity index (χ0) is 26.3. The average Bonchev–Trinajstić information content (AvgIpc) is 2.98. The Bertz CT molecular complexity index is 1440. The number of benzene rings is 5. The van der Waals surface area contributed by atoms with Gasteiger partial charge in [-0.2, -0.15) is 0 Å². The molecule has 0 atom stereocenters. The van der Waals surface area contributed by atoms with Gasteiger partial charge in [-0.1, -0.05) is 84.4 Å². The molecule has 0 saturated heterocycles. The maximum absolute atomic E-state index is 9.51. The van der Waals surface area contributed by atoms with Gasteiger partial charge in [0, 0.05) is 17.1 Å². The maximum Gasteiger partial charge on any atom is 0.119 e. The highest BCUT2D eigenvalue weighted by molar-refractivity contribution is 5.91. The Morgan fingerprint density at radius 3 is 1.74 bits per heavy atom. The molecule has 0 fully saturated rings. The number of ether oxygens (including phenoxy) is 1. The molecule has 0 unspecified atom stereocenters. The second-order valence-corrected chi connectivity index (χ2v) is 9.24. The van der Waals surface area contributed by atoms with Crippen LogP contribution in [0, 0.1) is 6.92 Å². The van der Waals surface area contributed by atoms with Crippen molar-refractivity contribution >= 4 is 28.7 Å². The van der Waals surface area contributed by atoms with Crippen molar-refractivity contribution in [2.75, 3.05) is 12.0 Å². The molecule has 3 heteroatoms. The summed E-state index contributed by atoms with van der Waals surface area (Å²) in [6.07, 6.45) is 2.25. The fourth-order valence-corrected chi connectivity index (χ4v) is 4.50. The first kappa shape index (κ1) is 25.1. The number of aryl methyl sites for hydroxylation is 1. The summed E-state index contributed by atoms with van der Waals surface area (Å²) in [6, 6.07) is 43.8. The van der Waals surface area contributed by atoms with Crippen LogP contribution >= 0.6 is 0 Å². The molecule has 0 saturated carbocycles. The number of anilines is 3. The first-order chi connectivity index (χ1) is 18.6. The van der Waals surface area contributed by atoms with E-state index in [4.69, 9.17) is 4.74 Å². The summed E-state index contributed by atoms with van der Waals surface area (Å²) in [6.45, 7) is 2.13. The third kappa shape index (κ3) is 5.69. The van der Waals surface area contributed by atoms with Crippen LogP contribution in [0.4, 0.5) is 17.1 Å². The van der Waals surface area contributed by atoms with Crippen molar-refractivity contribution in [2.24, 2.45) is 0 Å². The molecule has 0 aromatic heterocycles. The first-order valence-corrected chi connectivity index (χ1v) is 12.7. The summed E-state index contributed by atoms with van der Waals surface area (Å²) >= 11 is 0. The van der Waals surface area contributed by atoms with E-state index < -0.39 is 0 Å². The molecular weight excluding hydrogens is 466 g/mol. The number of nitrogens with zero attached hydrogens (tertiary/aromatic N) is 1. The van der Waals surface area contributed by atoms with Gasteiger partial charge in [-0.25, -0.2) is 0 Å². The Balaban J connectivity index is 1.54. The van der Waals surface area contributed by atoms with Crippen LogP contribution in [-0.4, -0.2) is 12.2 Å². The van der Waals surface area contributed by atoms with Gasteiger partial charge in [-0.05, 0) is 89.4 Å². The van der Waals surface area contributed by atoms with Crippen LogP contribution in [0.15, 0.2) is 127 Å². The van der Waals surface area contributed by atoms with Gasteiger partial charge in [-0.3, -0.25) is 0 Å². The third-order valence-corrected chi connectivity index (χ3v) is 6.62. The summed E-state index contributed by atoms with van der Waals surface area (Å²) < 4.78 is 5.37. The molecule has 0 aliphatic carbocycles. The van der Waals surface area contributed by atoms with Gasteiger partial charge >= 0.3 is 0 Å². The predicted molar refractivity (Wildman–Crippen MR) is 158 cm³/mol. The highest BCUT2D eigenvalue weighted by Crippen LogP contribution is 2.36. The monoisotopic (exact) mass is 497 g/mol. The predicted octanol–water partition coefficient (Wildman–Crippen LogP) is 8.55. The van der Waals surface area contributed by atoms with E-state index in [9.17, 15) is 5.11 Å². The summed E-state index contributed by atoms with van der Waals surface area (Å²) in [7, 11) is 1.67. The minimum Gasteiger partial charge on any atom is -0.497 e. The zero-order valence-corrected chi connectivity index (χ0v) is 21.7. The number of hydrogen-bond donors (Lipinski definition) is 1. The van der Waals surface area contributed by atoms with E-state index >= 15 is 0 Å². The molecule has 0 heterocycles. The molecule has 5 aromatic rings. The van der Waals surface area contributed by atoms with Crippen LogP contribution in [0.1, 0.15) is 27.8 Å². The van der Waals surface area contributed by atoms with Gasteiger partial charge in [0.2, 0.25) is 0 Å². The molecule has 1 N–H and O–H groups in total. The molecule has 38 heavy (non-hydrogen) atoms. The Labute approximate surface area is 224 Å². The van der Waals surface area contributed by atoms with Crippen LogP contribution in [0.5, 0.6) is 5.75 Å². The third-order valence-electron chi connectivity index (χ3n) is 6.62. The van der Waals surface area contributed by atoms with E-state index in [0.717, 1.165) is 33.9 Å². The van der Waals surface area contributed by atoms with Crippen LogP contribution in [0.25, 0.3) is 11.6 Å². The number of methoxy groups -OCH3 is 1. The highest BCUT2D eigenvalue weighted by Gasteiger charge is 2.13. The lowest BCUT2D eigenvalue weighted by Crippen LogP contribution is -2.10. The number of hydrogen-bond acceptors (Lipinski definition) is 3. The molecule has 0 aliphatic heterocycles. The van der Waals surface area contributed by atoms with E-state index in [2.05, 4.69) is 103 Å². The minimum absolute atomic E-state index is 0.0224. The fourth-order valence-electron chi connectivity index (χ4n) is 4.50. The normalized spacial score (nSPS) is 11.3. The molecule has 0 spiro atoms. The highest BCUT2D eigenvalue weighted by atomic mass is 16.5. The van der Waals surface area contributed by atoms with Crippen molar-refractivity contribution in [3.05, 3.63) is 155 Å². The molecule has 5 rings (SSSR count). The summed E-state index contributed by atoms with van der Waals surface area (Å²) in [5.41, 5.74) is 9.89. The quantitative estimate of drug-likeness (QED) is 0.218. The number of aliphatic hydroxyl groups excluding tert-OH is 1. The van der Waals surface area contributed by atoms with Crippen LogP contribution in [0.3, 0.4) is 0 Å². The van der Waals surface area contributed by atoms with Crippen LogP contribution in [0.2, 0.25) is 0 Å². The number of aliphatic hydroxyl groups is 1. The maximum atomic E-state index is 9.51. The topological polar surface area (TPSA) is 32.7 Å². The summed E-state index contributed by atoms with van der Waals surface area (Å²) in [5, 5.41) is 9.51. The largest absolute Gasteiger partial charge is 0.497 e. The van der Waals surface area contributed by atoms with Gasteiger partial charge in [0.1, 0.15) is 5.75 Å². The smallest absolute Gasteiger partial charge is 0.119 e. The molecule has 3 nitrogen and oxygen atoms in total. The van der Waals surface area contributed by atoms with E-state index in [1.54, 1.807) is 7.11 Å². The lowest BCUT2D eigenvalue weighted by molar-refractivity contribution is 0.282. The lowest BCUT2D eigenvalue weighted by atomic mass is 9.95. The van der Waals surface area contributed by atoms with E-state index in [1.165, 1.54) is 22.3 Å². The summed E-state index contributed by atoms with van der Waals surface area (Å²) in [5.74, 6) is 0.814. The Hall–Kier alpha value is -4.60. The fraction of sp³-hybridized carbons (Fsp3) is 0.0857. The van der Waals surface area contributed by atoms with Crippen molar-refractivity contribution in [3.8, 4) is 5.75 Å². The van der Waals surface area contributed by atoms with Gasteiger partial charge in [0.15, 0.2) is 0 Å². The first-order valence-electron chi connectivity index (χ1n) is 12.7. The van der Waals surface area contributed by atoms with E-state index in [-0.39, 0.29) is 6.61 Å². The zero-order valence-electron chi connectivity index (χ0n) is 21.7. The van der Waals surface area contributed by atoms with Crippen molar-refractivity contribution in [1.29, 1.82) is 0 Å². The molecule has 0 bridgehead atoms. The van der Waals surface area contributed by atoms with Crippen LogP contribution in [-0.2, 0) is 6.61 Å². The Morgan fingerprint density at radius 1 is 0.658 bits per heavy atom. The average molecular weight is 498 g/mol. The van der Waals surface area contributed by atoms with Crippen molar-refractivity contribution in [1.82, 2.24) is 0 Å². The Kier molecular flexibility index (Phi) is 7.67. The Morgan fingerprint density at radius 2 is 1.18 bits per heavy atom. The second kappa shape index (κ2) is 11.6. The molecule has 188 valence electrons. The van der Waals surface area contributed by atoms with Gasteiger partial charge < -0.3 is 14.7 Å². The standard InChI is InChI=1S/C35H31NO2/c1-26-8-14-30(15-9-26)35(29-6-4-3-5-7-29)24-27-10-16-31(17-11-27)36(32-18-12-28(25-37)13-19-32)33-20-22-34(38-2)23-21-33/h3-24,37H,25H2,1-2H3. The van der Waals surface area contributed by atoms with Crippen LogP contribution < -0.4 is 9.64 Å². The molecule has 5 aromatic carbocycles. The van der Waals surface area contributed by atoms with E-state index in [1.807, 2.05) is 42.5 Å². The number of rotatable bonds is 8. The summed E-state index contributed by atoms with van der Waals surface area (Å²) in [4.78, 5) is 2.20. The second-order valence-electron chi connectivity index (χ2n) is 9.24. The van der Waals surface area contributed by atoms with Gasteiger partial charge in [-0.15, -0.1) is 0 Å². The molecule has 0 aliphatic rings. The lowest BCUT2D eigenvalue weighted by Gasteiger charge is -2.26. The van der Waals surface area contributed by atoms with Gasteiger partial charge in [0.05, 0.1) is 13.7 Å². The van der Waals surface area contributed by atoms with Crippen molar-refractivity contribution < 1.29 is 9.84 Å². The molecular formula is C35H31NO2. The minimum atomic E-state index is 0.0224. The molecule has 0 amide bonds. The van der Waals surface area contributed by atoms with Crippen molar-refractivity contribution in [2.45, 2.75) is 13.5 Å². The van der Waals surface area contributed by atoms with Gasteiger partial charge in [0.25, 0.3) is 0 Å². The SMILES string of the molecule is COc1ccc(N(c2ccc(C=C(c3ccccc3)c3ccc(C)cc3)cc2)c2ccc(CO)cc2)cc1.